The van der Waals surface area contributed by atoms with Crippen molar-refractivity contribution in [2.24, 2.45) is 4.99 Å². The molecule has 0 saturated carbocycles. The number of hydrogen-bond acceptors (Lipinski definition) is 7. The van der Waals surface area contributed by atoms with E-state index >= 15 is 0 Å². The van der Waals surface area contributed by atoms with Gasteiger partial charge in [-0.15, -0.1) is 0 Å². The zero-order valence-corrected chi connectivity index (χ0v) is 23.3. The second-order valence-electron chi connectivity index (χ2n) is 9.86. The van der Waals surface area contributed by atoms with Gasteiger partial charge in [0.05, 0.1) is 18.7 Å². The van der Waals surface area contributed by atoms with E-state index in [9.17, 15) is 14.7 Å². The van der Waals surface area contributed by atoms with E-state index in [1.165, 1.54) is 0 Å². The van der Waals surface area contributed by atoms with Gasteiger partial charge in [-0.3, -0.25) is 4.79 Å². The summed E-state index contributed by atoms with van der Waals surface area (Å²) in [6, 6.07) is 5.41. The highest BCUT2D eigenvalue weighted by Gasteiger charge is 2.34. The van der Waals surface area contributed by atoms with Gasteiger partial charge in [0.15, 0.2) is 0 Å². The number of carbonyl (C=O) groups is 2. The highest BCUT2D eigenvalue weighted by molar-refractivity contribution is 5.99. The highest BCUT2D eigenvalue weighted by Crippen LogP contribution is 2.25. The standard InChI is InChI=1S/C29H40N4O4/c1-10-12-13-24(19(3)11-2)33-17-23(27(36)37-29(6,7)18-34)25(31-28(33)32(8)9)30-26(35)22-15-14-20(4)21(5)16-22/h11-16,34H,2,10,17-18H2,1,3-9H3,(H,30,35)/b13-12-,24-19+. The molecule has 0 aliphatic carbocycles. The summed E-state index contributed by atoms with van der Waals surface area (Å²) in [6.07, 6.45) is 6.55. The van der Waals surface area contributed by atoms with Gasteiger partial charge in [-0.2, -0.15) is 4.99 Å². The number of nitrogens with one attached hydrogen (secondary N) is 1. The molecule has 0 fully saturated rings. The monoisotopic (exact) mass is 508 g/mol. The van der Waals surface area contributed by atoms with E-state index in [0.29, 0.717) is 11.5 Å². The number of guanidine groups is 1. The number of amides is 1. The van der Waals surface area contributed by atoms with Crippen molar-refractivity contribution in [1.82, 2.24) is 15.1 Å². The largest absolute Gasteiger partial charge is 0.454 e. The normalized spacial score (nSPS) is 14.8. The van der Waals surface area contributed by atoms with Crippen molar-refractivity contribution in [3.05, 3.63) is 82.4 Å². The second-order valence-corrected chi connectivity index (χ2v) is 9.86. The van der Waals surface area contributed by atoms with Crippen molar-refractivity contribution in [1.29, 1.82) is 0 Å². The van der Waals surface area contributed by atoms with Crippen LogP contribution < -0.4 is 5.32 Å². The Kier molecular flexibility index (Phi) is 10.0. The molecule has 1 amide bonds. The molecule has 0 spiro atoms. The molecule has 1 aliphatic heterocycles. The number of hydrogen-bond donors (Lipinski definition) is 2. The minimum absolute atomic E-state index is 0.0917. The number of nitrogens with zero attached hydrogens (tertiary/aromatic N) is 3. The van der Waals surface area contributed by atoms with Crippen LogP contribution in [0.15, 0.2) is 70.7 Å². The minimum Gasteiger partial charge on any atom is -0.454 e. The minimum atomic E-state index is -1.11. The summed E-state index contributed by atoms with van der Waals surface area (Å²) in [7, 11) is 3.69. The van der Waals surface area contributed by atoms with Crippen molar-refractivity contribution >= 4 is 17.8 Å². The summed E-state index contributed by atoms with van der Waals surface area (Å²) >= 11 is 0. The van der Waals surface area contributed by atoms with Crippen LogP contribution in [0.2, 0.25) is 0 Å². The average Bonchev–Trinajstić information content (AvgIpc) is 2.85. The van der Waals surface area contributed by atoms with Crippen LogP contribution in [0.1, 0.15) is 55.6 Å². The molecular weight excluding hydrogens is 468 g/mol. The topological polar surface area (TPSA) is 94.5 Å². The number of carbonyl (C=O) groups excluding carboxylic acids is 2. The summed E-state index contributed by atoms with van der Waals surface area (Å²) < 4.78 is 5.61. The van der Waals surface area contributed by atoms with Gasteiger partial charge in [0.1, 0.15) is 11.4 Å². The Morgan fingerprint density at radius 1 is 1.27 bits per heavy atom. The first-order valence-corrected chi connectivity index (χ1v) is 12.3. The smallest absolute Gasteiger partial charge is 0.340 e. The molecule has 0 bridgehead atoms. The number of aryl methyl sites for hydroxylation is 2. The van der Waals surface area contributed by atoms with Crippen molar-refractivity contribution < 1.29 is 19.4 Å². The fraction of sp³-hybridized carbons (Fsp3) is 0.414. The molecule has 1 aromatic rings. The maximum Gasteiger partial charge on any atom is 0.340 e. The first-order chi connectivity index (χ1) is 17.3. The number of aliphatic hydroxyl groups is 1. The second kappa shape index (κ2) is 12.5. The van der Waals surface area contributed by atoms with Crippen LogP contribution in [0.4, 0.5) is 0 Å². The van der Waals surface area contributed by atoms with Crippen LogP contribution in [0, 0.1) is 13.8 Å². The third-order valence-corrected chi connectivity index (χ3v) is 5.96. The highest BCUT2D eigenvalue weighted by atomic mass is 16.6. The van der Waals surface area contributed by atoms with Crippen LogP contribution in [0.3, 0.4) is 0 Å². The van der Waals surface area contributed by atoms with Crippen molar-refractivity contribution in [2.75, 3.05) is 27.2 Å². The van der Waals surface area contributed by atoms with Gasteiger partial charge >= 0.3 is 5.97 Å². The first-order valence-electron chi connectivity index (χ1n) is 12.3. The molecule has 0 atom stereocenters. The van der Waals surface area contributed by atoms with Gasteiger partial charge in [0.2, 0.25) is 5.96 Å². The lowest BCUT2D eigenvalue weighted by Crippen LogP contribution is -2.47. The lowest BCUT2D eigenvalue weighted by Gasteiger charge is -2.36. The molecule has 2 N–H and O–H groups in total. The Balaban J connectivity index is 2.66. The molecule has 0 aromatic heterocycles. The van der Waals surface area contributed by atoms with E-state index < -0.39 is 11.6 Å². The predicted octanol–water partition coefficient (Wildman–Crippen LogP) is 4.22. The molecule has 0 saturated heterocycles. The quantitative estimate of drug-likeness (QED) is 0.383. The SMILES string of the molecule is C=C/C(C)=C(\C=C/CC)N1CC(C(=O)OC(C)(C)CO)=C(NC(=O)c2ccc(C)c(C)c2)N=C1N(C)C. The third kappa shape index (κ3) is 7.43. The third-order valence-electron chi connectivity index (χ3n) is 5.96. The molecule has 37 heavy (non-hydrogen) atoms. The Bertz CT molecular complexity index is 1170. The molecule has 8 nitrogen and oxygen atoms in total. The fourth-order valence-electron chi connectivity index (χ4n) is 3.51. The lowest BCUT2D eigenvalue weighted by molar-refractivity contribution is -0.155. The maximum absolute atomic E-state index is 13.4. The van der Waals surface area contributed by atoms with E-state index in [1.807, 2.05) is 69.8 Å². The van der Waals surface area contributed by atoms with Gasteiger partial charge in [0.25, 0.3) is 5.91 Å². The molecule has 0 unspecified atom stereocenters. The van der Waals surface area contributed by atoms with Crippen molar-refractivity contribution in [3.63, 3.8) is 0 Å². The summed E-state index contributed by atoms with van der Waals surface area (Å²) in [5.74, 6) is -0.414. The Hall–Kier alpha value is -3.65. The predicted molar refractivity (Wildman–Crippen MR) is 148 cm³/mol. The number of aliphatic imine (C=N–C) groups is 1. The van der Waals surface area contributed by atoms with E-state index in [0.717, 1.165) is 28.8 Å². The number of allylic oxidation sites excluding steroid dienone is 4. The summed E-state index contributed by atoms with van der Waals surface area (Å²) in [5.41, 5.74) is 3.28. The van der Waals surface area contributed by atoms with Gasteiger partial charge in [-0.1, -0.05) is 31.7 Å². The summed E-state index contributed by atoms with van der Waals surface area (Å²) in [5, 5.41) is 12.5. The van der Waals surface area contributed by atoms with Crippen LogP contribution in [-0.2, 0) is 9.53 Å². The van der Waals surface area contributed by atoms with Gasteiger partial charge in [-0.25, -0.2) is 4.79 Å². The Morgan fingerprint density at radius 2 is 1.95 bits per heavy atom. The number of ether oxygens (including phenoxy) is 1. The average molecular weight is 509 g/mol. The van der Waals surface area contributed by atoms with Crippen LogP contribution in [0.25, 0.3) is 0 Å². The molecule has 2 rings (SSSR count). The van der Waals surface area contributed by atoms with Gasteiger partial charge in [0, 0.05) is 25.4 Å². The Morgan fingerprint density at radius 3 is 2.49 bits per heavy atom. The maximum atomic E-state index is 13.4. The molecule has 1 aromatic carbocycles. The van der Waals surface area contributed by atoms with E-state index in [1.54, 1.807) is 32.1 Å². The first kappa shape index (κ1) is 29.6. The van der Waals surface area contributed by atoms with Gasteiger partial charge in [-0.05, 0) is 75.9 Å². The van der Waals surface area contributed by atoms with E-state index in [-0.39, 0.29) is 30.5 Å². The molecule has 1 heterocycles. The van der Waals surface area contributed by atoms with Crippen molar-refractivity contribution in [3.8, 4) is 0 Å². The zero-order chi connectivity index (χ0) is 27.9. The van der Waals surface area contributed by atoms with E-state index in [2.05, 4.69) is 11.9 Å². The summed E-state index contributed by atoms with van der Waals surface area (Å²) in [4.78, 5) is 35.0. The fourth-order valence-corrected chi connectivity index (χ4v) is 3.51. The number of esters is 1. The van der Waals surface area contributed by atoms with Crippen LogP contribution >= 0.6 is 0 Å². The van der Waals surface area contributed by atoms with Gasteiger partial charge < -0.3 is 25.0 Å². The Labute approximate surface area is 220 Å². The summed E-state index contributed by atoms with van der Waals surface area (Å²) in [6.45, 7) is 14.8. The molecule has 8 heteroatoms. The molecule has 0 radical (unpaired) electrons. The van der Waals surface area contributed by atoms with Crippen LogP contribution in [0.5, 0.6) is 0 Å². The number of rotatable bonds is 9. The zero-order valence-electron chi connectivity index (χ0n) is 23.3. The van der Waals surface area contributed by atoms with Crippen molar-refractivity contribution in [2.45, 2.75) is 53.6 Å². The molecule has 1 aliphatic rings. The molecular formula is C29H40N4O4. The van der Waals surface area contributed by atoms with Crippen LogP contribution in [-0.4, -0.2) is 65.6 Å². The van der Waals surface area contributed by atoms with E-state index in [4.69, 9.17) is 9.73 Å². The number of benzene rings is 1. The lowest BCUT2D eigenvalue weighted by atomic mass is 10.1. The molecule has 200 valence electrons. The number of aliphatic hydroxyl groups excluding tert-OH is 1.